The fraction of sp³-hybridized carbons (Fsp3) is 0.579. The highest BCUT2D eigenvalue weighted by atomic mass is 16.6. The van der Waals surface area contributed by atoms with Gasteiger partial charge in [0.25, 0.3) is 0 Å². The van der Waals surface area contributed by atoms with E-state index < -0.39 is 0 Å². The van der Waals surface area contributed by atoms with Crippen molar-refractivity contribution in [3.05, 3.63) is 23.8 Å². The number of carbonyl (C=O) groups is 2. The number of rotatable bonds is 5. The van der Waals surface area contributed by atoms with Gasteiger partial charge in [-0.1, -0.05) is 6.07 Å². The molecule has 1 atom stereocenters. The van der Waals surface area contributed by atoms with Crippen LogP contribution in [0, 0.1) is 5.92 Å². The zero-order chi connectivity index (χ0) is 17.9. The Kier molecular flexibility index (Phi) is 4.86. The molecule has 3 aliphatic rings. The molecular formula is C19H25N3O4. The number of likely N-dealkylation sites (tertiary alicyclic amines) is 1. The number of amides is 3. The first kappa shape index (κ1) is 17.0. The minimum absolute atomic E-state index is 0.0139. The lowest BCUT2D eigenvalue weighted by Crippen LogP contribution is -2.44. The molecule has 2 N–H and O–H groups in total. The lowest BCUT2D eigenvalue weighted by Gasteiger charge is -2.23. The van der Waals surface area contributed by atoms with E-state index in [9.17, 15) is 9.59 Å². The van der Waals surface area contributed by atoms with Gasteiger partial charge in [-0.3, -0.25) is 4.79 Å². The van der Waals surface area contributed by atoms with E-state index in [1.54, 1.807) is 4.90 Å². The van der Waals surface area contributed by atoms with Crippen LogP contribution in [0.1, 0.15) is 37.3 Å². The van der Waals surface area contributed by atoms with Crippen LogP contribution < -0.4 is 20.1 Å². The van der Waals surface area contributed by atoms with E-state index in [1.165, 1.54) is 0 Å². The number of fused-ring (bicyclic) bond motifs is 1. The molecule has 0 radical (unpaired) electrons. The predicted octanol–water partition coefficient (Wildman–Crippen LogP) is 1.83. The van der Waals surface area contributed by atoms with E-state index in [0.717, 1.165) is 55.8 Å². The van der Waals surface area contributed by atoms with Crippen LogP contribution in [0.2, 0.25) is 0 Å². The van der Waals surface area contributed by atoms with Gasteiger partial charge in [-0.15, -0.1) is 0 Å². The SMILES string of the molecule is O=C(NCC(=O)N1CCCC1)N[C@@H](c1ccc2c(c1)OCCO2)C1CC1. The van der Waals surface area contributed by atoms with E-state index >= 15 is 0 Å². The smallest absolute Gasteiger partial charge is 0.315 e. The number of hydrogen-bond donors (Lipinski definition) is 2. The summed E-state index contributed by atoms with van der Waals surface area (Å²) >= 11 is 0. The molecule has 2 aliphatic heterocycles. The van der Waals surface area contributed by atoms with Gasteiger partial charge in [0.1, 0.15) is 13.2 Å². The third-order valence-corrected chi connectivity index (χ3v) is 5.16. The number of ether oxygens (including phenoxy) is 2. The molecule has 1 aliphatic carbocycles. The quantitative estimate of drug-likeness (QED) is 0.841. The number of urea groups is 1. The second-order valence-corrected chi connectivity index (χ2v) is 7.13. The highest BCUT2D eigenvalue weighted by molar-refractivity contribution is 5.84. The van der Waals surface area contributed by atoms with Gasteiger partial charge in [0, 0.05) is 13.1 Å². The Bertz CT molecular complexity index is 683. The lowest BCUT2D eigenvalue weighted by molar-refractivity contribution is -0.129. The summed E-state index contributed by atoms with van der Waals surface area (Å²) in [5, 5.41) is 5.74. The molecule has 2 heterocycles. The van der Waals surface area contributed by atoms with Gasteiger partial charge < -0.3 is 25.0 Å². The molecule has 2 fully saturated rings. The maximum Gasteiger partial charge on any atom is 0.315 e. The number of nitrogens with zero attached hydrogens (tertiary/aromatic N) is 1. The van der Waals surface area contributed by atoms with Crippen molar-refractivity contribution in [1.29, 1.82) is 0 Å². The van der Waals surface area contributed by atoms with Crippen LogP contribution in [-0.4, -0.2) is 49.7 Å². The Labute approximate surface area is 153 Å². The molecule has 3 amide bonds. The zero-order valence-corrected chi connectivity index (χ0v) is 14.8. The molecule has 7 nitrogen and oxygen atoms in total. The van der Waals surface area contributed by atoms with E-state index in [2.05, 4.69) is 10.6 Å². The Morgan fingerprint density at radius 3 is 2.58 bits per heavy atom. The molecule has 1 saturated heterocycles. The first-order chi connectivity index (χ1) is 12.7. The van der Waals surface area contributed by atoms with Gasteiger partial charge >= 0.3 is 6.03 Å². The normalized spacial score (nSPS) is 19.8. The fourth-order valence-corrected chi connectivity index (χ4v) is 3.58. The van der Waals surface area contributed by atoms with Crippen molar-refractivity contribution in [3.8, 4) is 11.5 Å². The van der Waals surface area contributed by atoms with E-state index in [4.69, 9.17) is 9.47 Å². The monoisotopic (exact) mass is 359 g/mol. The van der Waals surface area contributed by atoms with Gasteiger partial charge in [-0.25, -0.2) is 4.79 Å². The van der Waals surface area contributed by atoms with E-state index in [-0.39, 0.29) is 24.5 Å². The van der Waals surface area contributed by atoms with Crippen molar-refractivity contribution in [2.24, 2.45) is 5.92 Å². The maximum atomic E-state index is 12.3. The number of hydrogen-bond acceptors (Lipinski definition) is 4. The molecule has 0 bridgehead atoms. The third-order valence-electron chi connectivity index (χ3n) is 5.16. The lowest BCUT2D eigenvalue weighted by atomic mass is 10.0. The van der Waals surface area contributed by atoms with Crippen molar-refractivity contribution in [2.75, 3.05) is 32.8 Å². The molecule has 0 unspecified atom stereocenters. The van der Waals surface area contributed by atoms with Crippen molar-refractivity contribution in [2.45, 2.75) is 31.7 Å². The Balaban J connectivity index is 1.36. The highest BCUT2D eigenvalue weighted by Crippen LogP contribution is 2.43. The van der Waals surface area contributed by atoms with Crippen LogP contribution in [0.15, 0.2) is 18.2 Å². The molecular weight excluding hydrogens is 334 g/mol. The first-order valence-corrected chi connectivity index (χ1v) is 9.42. The van der Waals surface area contributed by atoms with E-state index in [0.29, 0.717) is 19.1 Å². The van der Waals surface area contributed by atoms with Crippen molar-refractivity contribution in [3.63, 3.8) is 0 Å². The van der Waals surface area contributed by atoms with Crippen molar-refractivity contribution >= 4 is 11.9 Å². The fourth-order valence-electron chi connectivity index (χ4n) is 3.58. The van der Waals surface area contributed by atoms with Crippen molar-refractivity contribution in [1.82, 2.24) is 15.5 Å². The van der Waals surface area contributed by atoms with E-state index in [1.807, 2.05) is 18.2 Å². The minimum Gasteiger partial charge on any atom is -0.486 e. The molecule has 0 spiro atoms. The molecule has 26 heavy (non-hydrogen) atoms. The van der Waals surface area contributed by atoms with Crippen LogP contribution in [0.3, 0.4) is 0 Å². The van der Waals surface area contributed by atoms with Crippen LogP contribution in [-0.2, 0) is 4.79 Å². The van der Waals surface area contributed by atoms with Gasteiger partial charge in [-0.05, 0) is 49.3 Å². The number of carbonyl (C=O) groups excluding carboxylic acids is 2. The van der Waals surface area contributed by atoms with Crippen LogP contribution in [0.4, 0.5) is 4.79 Å². The van der Waals surface area contributed by atoms with Crippen LogP contribution >= 0.6 is 0 Å². The molecule has 1 saturated carbocycles. The summed E-state index contributed by atoms with van der Waals surface area (Å²) < 4.78 is 11.2. The summed E-state index contributed by atoms with van der Waals surface area (Å²) in [5.41, 5.74) is 1.01. The average Bonchev–Trinajstić information content (AvgIpc) is 3.36. The molecule has 0 aromatic heterocycles. The Hall–Kier alpha value is -2.44. The zero-order valence-electron chi connectivity index (χ0n) is 14.8. The summed E-state index contributed by atoms with van der Waals surface area (Å²) in [6.07, 6.45) is 4.27. The number of nitrogens with one attached hydrogen (secondary N) is 2. The maximum absolute atomic E-state index is 12.3. The van der Waals surface area contributed by atoms with Gasteiger partial charge in [0.15, 0.2) is 11.5 Å². The summed E-state index contributed by atoms with van der Waals surface area (Å²) in [7, 11) is 0. The topological polar surface area (TPSA) is 79.9 Å². The molecule has 4 rings (SSSR count). The summed E-state index contributed by atoms with van der Waals surface area (Å²) in [4.78, 5) is 26.2. The molecule has 140 valence electrons. The average molecular weight is 359 g/mol. The minimum atomic E-state index is -0.302. The van der Waals surface area contributed by atoms with Crippen molar-refractivity contribution < 1.29 is 19.1 Å². The molecule has 1 aromatic rings. The standard InChI is InChI=1S/C19H25N3O4/c23-17(22-7-1-2-8-22)12-20-19(24)21-18(13-3-4-13)14-5-6-15-16(11-14)26-10-9-25-15/h5-6,11,13,18H,1-4,7-10,12H2,(H2,20,21,24)/t18-/m1/s1. The summed E-state index contributed by atoms with van der Waals surface area (Å²) in [6.45, 7) is 2.74. The van der Waals surface area contributed by atoms with Gasteiger partial charge in [0.2, 0.25) is 5.91 Å². The highest BCUT2D eigenvalue weighted by Gasteiger charge is 2.34. The van der Waals surface area contributed by atoms with Crippen LogP contribution in [0.5, 0.6) is 11.5 Å². The summed E-state index contributed by atoms with van der Waals surface area (Å²) in [6, 6.07) is 5.45. The van der Waals surface area contributed by atoms with Crippen LogP contribution in [0.25, 0.3) is 0 Å². The molecule has 7 heteroatoms. The second-order valence-electron chi connectivity index (χ2n) is 7.13. The largest absolute Gasteiger partial charge is 0.486 e. The Morgan fingerprint density at radius 1 is 1.12 bits per heavy atom. The number of benzene rings is 1. The molecule has 1 aromatic carbocycles. The second kappa shape index (κ2) is 7.43. The van der Waals surface area contributed by atoms with Gasteiger partial charge in [0.05, 0.1) is 12.6 Å². The van der Waals surface area contributed by atoms with Gasteiger partial charge in [-0.2, -0.15) is 0 Å². The third kappa shape index (κ3) is 3.86. The Morgan fingerprint density at radius 2 is 1.85 bits per heavy atom. The first-order valence-electron chi connectivity index (χ1n) is 9.42. The predicted molar refractivity (Wildman–Crippen MR) is 95.2 cm³/mol. The summed E-state index contributed by atoms with van der Waals surface area (Å²) in [5.74, 6) is 1.89.